The van der Waals surface area contributed by atoms with Gasteiger partial charge in [0, 0.05) is 11.6 Å². The van der Waals surface area contributed by atoms with E-state index in [4.69, 9.17) is 21.4 Å². The molecule has 1 N–H and O–H groups in total. The first-order valence-electron chi connectivity index (χ1n) is 5.43. The predicted molar refractivity (Wildman–Crippen MR) is 70.2 cm³/mol. The molecule has 6 heteroatoms. The van der Waals surface area contributed by atoms with Crippen LogP contribution in [0.2, 0.25) is 5.02 Å². The van der Waals surface area contributed by atoms with E-state index in [1.807, 2.05) is 0 Å². The number of aliphatic carboxylic acids is 1. The first-order chi connectivity index (χ1) is 9.04. The quantitative estimate of drug-likeness (QED) is 0.641. The first kappa shape index (κ1) is 15.0. The predicted octanol–water partition coefficient (Wildman–Crippen LogP) is 2.38. The van der Waals surface area contributed by atoms with Gasteiger partial charge in [-0.1, -0.05) is 23.7 Å². The van der Waals surface area contributed by atoms with Crippen molar-refractivity contribution in [3.8, 4) is 5.75 Å². The summed E-state index contributed by atoms with van der Waals surface area (Å²) in [7, 11) is 1.29. The highest BCUT2D eigenvalue weighted by Gasteiger charge is 2.08. The minimum Gasteiger partial charge on any atom is -0.491 e. The standard InChI is InChI=1S/C13H13ClO5/c1-18-12(17)7-8-19-13-9(5-6-11(15)16)3-2-4-10(13)14/h2-6H,7-8H2,1H3,(H,15,16)/b6-5+. The van der Waals surface area contributed by atoms with Crippen LogP contribution in [0.3, 0.4) is 0 Å². The van der Waals surface area contributed by atoms with Crippen molar-refractivity contribution in [2.45, 2.75) is 6.42 Å². The monoisotopic (exact) mass is 284 g/mol. The number of carbonyl (C=O) groups is 2. The zero-order valence-electron chi connectivity index (χ0n) is 10.3. The highest BCUT2D eigenvalue weighted by molar-refractivity contribution is 6.32. The maximum atomic E-state index is 11.0. The molecule has 0 heterocycles. The van der Waals surface area contributed by atoms with Gasteiger partial charge in [-0.2, -0.15) is 0 Å². The van der Waals surface area contributed by atoms with Crippen molar-refractivity contribution in [2.75, 3.05) is 13.7 Å². The molecule has 0 aliphatic carbocycles. The lowest BCUT2D eigenvalue weighted by molar-refractivity contribution is -0.141. The summed E-state index contributed by atoms with van der Waals surface area (Å²) in [4.78, 5) is 21.4. The van der Waals surface area contributed by atoms with Crippen LogP contribution in [0.5, 0.6) is 5.75 Å². The molecule has 1 rings (SSSR count). The van der Waals surface area contributed by atoms with Gasteiger partial charge in [0.2, 0.25) is 0 Å². The minimum absolute atomic E-state index is 0.0871. The molecule has 0 saturated carbocycles. The lowest BCUT2D eigenvalue weighted by atomic mass is 10.2. The lowest BCUT2D eigenvalue weighted by Gasteiger charge is -2.10. The fraction of sp³-hybridized carbons (Fsp3) is 0.231. The summed E-state index contributed by atoms with van der Waals surface area (Å²) in [5, 5.41) is 8.94. The molecule has 0 amide bonds. The van der Waals surface area contributed by atoms with E-state index in [1.54, 1.807) is 18.2 Å². The van der Waals surface area contributed by atoms with Crippen molar-refractivity contribution in [3.05, 3.63) is 34.9 Å². The molecule has 0 radical (unpaired) electrons. The van der Waals surface area contributed by atoms with E-state index in [0.29, 0.717) is 16.3 Å². The van der Waals surface area contributed by atoms with Gasteiger partial charge in [0.25, 0.3) is 0 Å². The third kappa shape index (κ3) is 5.01. The summed E-state index contributed by atoms with van der Waals surface area (Å²) in [5.74, 6) is -1.12. The van der Waals surface area contributed by atoms with E-state index in [-0.39, 0.29) is 13.0 Å². The van der Waals surface area contributed by atoms with E-state index in [9.17, 15) is 9.59 Å². The number of hydrogen-bond acceptors (Lipinski definition) is 4. The third-order valence-electron chi connectivity index (χ3n) is 2.18. The lowest BCUT2D eigenvalue weighted by Crippen LogP contribution is -2.08. The molecule has 1 aromatic carbocycles. The van der Waals surface area contributed by atoms with Crippen LogP contribution < -0.4 is 4.74 Å². The Labute approximate surface area is 115 Å². The Hall–Kier alpha value is -2.01. The van der Waals surface area contributed by atoms with E-state index >= 15 is 0 Å². The Morgan fingerprint density at radius 1 is 1.42 bits per heavy atom. The van der Waals surface area contributed by atoms with Crippen LogP contribution in [0.15, 0.2) is 24.3 Å². The van der Waals surface area contributed by atoms with Gasteiger partial charge < -0.3 is 14.6 Å². The number of hydrogen-bond donors (Lipinski definition) is 1. The zero-order chi connectivity index (χ0) is 14.3. The number of ether oxygens (including phenoxy) is 2. The molecule has 0 spiro atoms. The second-order valence-corrected chi connectivity index (χ2v) is 3.91. The number of esters is 1. The molecule has 0 fully saturated rings. The average Bonchev–Trinajstić information content (AvgIpc) is 2.38. The molecule has 5 nitrogen and oxygen atoms in total. The van der Waals surface area contributed by atoms with Gasteiger partial charge in [-0.15, -0.1) is 0 Å². The van der Waals surface area contributed by atoms with Crippen LogP contribution in [0.1, 0.15) is 12.0 Å². The number of benzene rings is 1. The van der Waals surface area contributed by atoms with Crippen molar-refractivity contribution in [1.29, 1.82) is 0 Å². The third-order valence-corrected chi connectivity index (χ3v) is 2.48. The van der Waals surface area contributed by atoms with E-state index < -0.39 is 11.9 Å². The van der Waals surface area contributed by atoms with E-state index in [2.05, 4.69) is 4.74 Å². The highest BCUT2D eigenvalue weighted by Crippen LogP contribution is 2.29. The van der Waals surface area contributed by atoms with Crippen molar-refractivity contribution >= 4 is 29.6 Å². The summed E-state index contributed by atoms with van der Waals surface area (Å²) >= 11 is 5.97. The summed E-state index contributed by atoms with van der Waals surface area (Å²) in [6.45, 7) is 0.102. The van der Waals surface area contributed by atoms with Crippen molar-refractivity contribution in [3.63, 3.8) is 0 Å². The second-order valence-electron chi connectivity index (χ2n) is 3.50. The van der Waals surface area contributed by atoms with Crippen molar-refractivity contribution in [2.24, 2.45) is 0 Å². The van der Waals surface area contributed by atoms with Gasteiger partial charge in [0.1, 0.15) is 5.75 Å². The van der Waals surface area contributed by atoms with Gasteiger partial charge in [-0.25, -0.2) is 4.79 Å². The highest BCUT2D eigenvalue weighted by atomic mass is 35.5. The first-order valence-corrected chi connectivity index (χ1v) is 5.81. The van der Waals surface area contributed by atoms with Crippen LogP contribution in [0, 0.1) is 0 Å². The number of carbonyl (C=O) groups excluding carboxylic acids is 1. The van der Waals surface area contributed by atoms with Gasteiger partial charge in [-0.3, -0.25) is 4.79 Å². The number of carboxylic acid groups (broad SMARTS) is 1. The molecule has 0 aliphatic rings. The summed E-state index contributed by atoms with van der Waals surface area (Å²) in [5.41, 5.74) is 0.528. The molecule has 0 aliphatic heterocycles. The Bertz CT molecular complexity index is 496. The number of carboxylic acids is 1. The van der Waals surface area contributed by atoms with Crippen molar-refractivity contribution in [1.82, 2.24) is 0 Å². The van der Waals surface area contributed by atoms with Gasteiger partial charge in [0.15, 0.2) is 0 Å². The molecular formula is C13H13ClO5. The molecule has 0 bridgehead atoms. The van der Waals surface area contributed by atoms with Crippen LogP contribution in [0.25, 0.3) is 6.08 Å². The number of rotatable bonds is 6. The largest absolute Gasteiger partial charge is 0.491 e. The zero-order valence-corrected chi connectivity index (χ0v) is 11.0. The molecular weight excluding hydrogens is 272 g/mol. The minimum atomic E-state index is -1.07. The molecule has 1 aromatic rings. The molecule has 0 aromatic heterocycles. The molecule has 102 valence electrons. The summed E-state index contributed by atoms with van der Waals surface area (Å²) in [6.07, 6.45) is 2.45. The maximum absolute atomic E-state index is 11.0. The Morgan fingerprint density at radius 3 is 2.79 bits per heavy atom. The van der Waals surface area contributed by atoms with Gasteiger partial charge >= 0.3 is 11.9 Å². The van der Waals surface area contributed by atoms with Gasteiger partial charge in [0.05, 0.1) is 25.2 Å². The fourth-order valence-electron chi connectivity index (χ4n) is 1.31. The van der Waals surface area contributed by atoms with Gasteiger partial charge in [-0.05, 0) is 12.1 Å². The van der Waals surface area contributed by atoms with Crippen LogP contribution in [-0.4, -0.2) is 30.8 Å². The fourth-order valence-corrected chi connectivity index (χ4v) is 1.55. The van der Waals surface area contributed by atoms with E-state index in [0.717, 1.165) is 6.08 Å². The summed E-state index contributed by atoms with van der Waals surface area (Å²) in [6, 6.07) is 4.96. The molecule has 0 saturated heterocycles. The van der Waals surface area contributed by atoms with Crippen LogP contribution >= 0.6 is 11.6 Å². The smallest absolute Gasteiger partial charge is 0.328 e. The van der Waals surface area contributed by atoms with Crippen molar-refractivity contribution < 1.29 is 24.2 Å². The Kier molecular flexibility index (Phi) is 5.89. The SMILES string of the molecule is COC(=O)CCOc1c(Cl)cccc1/C=C/C(=O)O. The number of para-hydroxylation sites is 1. The molecule has 0 atom stereocenters. The average molecular weight is 285 g/mol. The number of halogens is 1. The topological polar surface area (TPSA) is 72.8 Å². The molecule has 0 unspecified atom stereocenters. The normalized spacial score (nSPS) is 10.4. The number of methoxy groups -OCH3 is 1. The maximum Gasteiger partial charge on any atom is 0.328 e. The second kappa shape index (κ2) is 7.43. The molecule has 19 heavy (non-hydrogen) atoms. The van der Waals surface area contributed by atoms with Crippen LogP contribution in [-0.2, 0) is 14.3 Å². The Morgan fingerprint density at radius 2 is 2.16 bits per heavy atom. The summed E-state index contributed by atoms with van der Waals surface area (Å²) < 4.78 is 9.88. The Balaban J connectivity index is 2.80. The van der Waals surface area contributed by atoms with Crippen LogP contribution in [0.4, 0.5) is 0 Å². The van der Waals surface area contributed by atoms with E-state index in [1.165, 1.54) is 13.2 Å².